The number of nitrogens with one attached hydrogen (secondary N) is 1. The largest absolute Gasteiger partial charge is 0.351 e. The Balaban J connectivity index is 1.83. The van der Waals surface area contributed by atoms with Gasteiger partial charge < -0.3 is 10.2 Å². The molecule has 0 spiro atoms. The van der Waals surface area contributed by atoms with E-state index in [2.05, 4.69) is 5.32 Å². The Kier molecular flexibility index (Phi) is 2.54. The van der Waals surface area contributed by atoms with Gasteiger partial charge in [-0.3, -0.25) is 9.59 Å². The van der Waals surface area contributed by atoms with Crippen molar-refractivity contribution in [2.45, 2.75) is 24.9 Å². The van der Waals surface area contributed by atoms with E-state index < -0.39 is 5.82 Å². The SMILES string of the molecule is O=C1CC2C(CCN2C(=O)c2cccc(F)c2)N1. The van der Waals surface area contributed by atoms with Gasteiger partial charge >= 0.3 is 0 Å². The van der Waals surface area contributed by atoms with Crippen LogP contribution in [0.2, 0.25) is 0 Å². The number of halogens is 1. The number of rotatable bonds is 1. The van der Waals surface area contributed by atoms with Crippen molar-refractivity contribution < 1.29 is 14.0 Å². The summed E-state index contributed by atoms with van der Waals surface area (Å²) in [6, 6.07) is 5.66. The number of benzene rings is 1. The first-order chi connectivity index (χ1) is 8.65. The van der Waals surface area contributed by atoms with Gasteiger partial charge in [0, 0.05) is 18.5 Å². The van der Waals surface area contributed by atoms with Gasteiger partial charge in [0.25, 0.3) is 5.91 Å². The third kappa shape index (κ3) is 1.75. The van der Waals surface area contributed by atoms with Crippen LogP contribution in [-0.4, -0.2) is 35.3 Å². The van der Waals surface area contributed by atoms with Crippen molar-refractivity contribution in [3.05, 3.63) is 35.6 Å². The number of nitrogens with zero attached hydrogens (tertiary/aromatic N) is 1. The van der Waals surface area contributed by atoms with Crippen LogP contribution < -0.4 is 5.32 Å². The normalized spacial score (nSPS) is 26.1. The van der Waals surface area contributed by atoms with Crippen LogP contribution in [0.5, 0.6) is 0 Å². The third-order valence-corrected chi connectivity index (χ3v) is 3.62. The highest BCUT2D eigenvalue weighted by Crippen LogP contribution is 2.27. The molecule has 2 saturated heterocycles. The van der Waals surface area contributed by atoms with Gasteiger partial charge in [-0.25, -0.2) is 4.39 Å². The molecule has 1 aromatic carbocycles. The lowest BCUT2D eigenvalue weighted by Gasteiger charge is -2.22. The molecule has 0 radical (unpaired) electrons. The maximum absolute atomic E-state index is 13.1. The van der Waals surface area contributed by atoms with E-state index in [9.17, 15) is 14.0 Å². The lowest BCUT2D eigenvalue weighted by molar-refractivity contribution is -0.119. The van der Waals surface area contributed by atoms with Gasteiger partial charge in [0.1, 0.15) is 5.82 Å². The summed E-state index contributed by atoms with van der Waals surface area (Å²) in [5, 5.41) is 2.86. The number of amides is 2. The topological polar surface area (TPSA) is 49.4 Å². The van der Waals surface area contributed by atoms with E-state index >= 15 is 0 Å². The monoisotopic (exact) mass is 248 g/mol. The molecule has 0 saturated carbocycles. The first kappa shape index (κ1) is 11.2. The molecule has 94 valence electrons. The Morgan fingerprint density at radius 1 is 1.44 bits per heavy atom. The van der Waals surface area contributed by atoms with E-state index in [0.717, 1.165) is 6.42 Å². The van der Waals surface area contributed by atoms with E-state index in [4.69, 9.17) is 0 Å². The van der Waals surface area contributed by atoms with Crippen LogP contribution in [-0.2, 0) is 4.79 Å². The average molecular weight is 248 g/mol. The number of hydrogen-bond donors (Lipinski definition) is 1. The first-order valence-corrected chi connectivity index (χ1v) is 6.01. The zero-order valence-corrected chi connectivity index (χ0v) is 9.73. The summed E-state index contributed by atoms with van der Waals surface area (Å²) in [5.74, 6) is -0.627. The van der Waals surface area contributed by atoms with E-state index in [0.29, 0.717) is 18.5 Å². The minimum atomic E-state index is -0.419. The van der Waals surface area contributed by atoms with Gasteiger partial charge in [0.15, 0.2) is 0 Å². The molecule has 18 heavy (non-hydrogen) atoms. The highest BCUT2D eigenvalue weighted by atomic mass is 19.1. The van der Waals surface area contributed by atoms with Crippen LogP contribution >= 0.6 is 0 Å². The van der Waals surface area contributed by atoms with Crippen molar-refractivity contribution in [1.29, 1.82) is 0 Å². The van der Waals surface area contributed by atoms with Crippen LogP contribution in [0, 0.1) is 5.82 Å². The molecular formula is C13H13FN2O2. The standard InChI is InChI=1S/C13H13FN2O2/c14-9-3-1-2-8(6-9)13(18)16-5-4-10-11(16)7-12(17)15-10/h1-3,6,10-11H,4-5,7H2,(H,15,17). The van der Waals surface area contributed by atoms with E-state index in [1.807, 2.05) is 0 Å². The molecule has 0 aliphatic carbocycles. The van der Waals surface area contributed by atoms with Crippen molar-refractivity contribution in [2.75, 3.05) is 6.54 Å². The fraction of sp³-hybridized carbons (Fsp3) is 0.385. The van der Waals surface area contributed by atoms with E-state index in [1.54, 1.807) is 11.0 Å². The molecule has 2 amide bonds. The van der Waals surface area contributed by atoms with Crippen LogP contribution in [0.25, 0.3) is 0 Å². The minimum absolute atomic E-state index is 0.0123. The molecule has 1 aromatic rings. The third-order valence-electron chi connectivity index (χ3n) is 3.62. The van der Waals surface area contributed by atoms with Gasteiger partial charge in [0.05, 0.1) is 12.1 Å². The molecule has 4 nitrogen and oxygen atoms in total. The zero-order chi connectivity index (χ0) is 12.7. The Labute approximate surface area is 104 Å². The smallest absolute Gasteiger partial charge is 0.254 e. The number of fused-ring (bicyclic) bond motifs is 1. The van der Waals surface area contributed by atoms with Crippen molar-refractivity contribution in [3.63, 3.8) is 0 Å². The molecule has 3 rings (SSSR count). The van der Waals surface area contributed by atoms with E-state index in [1.165, 1.54) is 18.2 Å². The fourth-order valence-corrected chi connectivity index (χ4v) is 2.77. The summed E-state index contributed by atoms with van der Waals surface area (Å²) in [7, 11) is 0. The van der Waals surface area contributed by atoms with Crippen LogP contribution in [0.1, 0.15) is 23.2 Å². The van der Waals surface area contributed by atoms with Crippen LogP contribution in [0.4, 0.5) is 4.39 Å². The van der Waals surface area contributed by atoms with Gasteiger partial charge in [-0.05, 0) is 24.6 Å². The van der Waals surface area contributed by atoms with Gasteiger partial charge in [0.2, 0.25) is 5.91 Å². The molecule has 2 aliphatic heterocycles. The molecule has 2 fully saturated rings. The lowest BCUT2D eigenvalue weighted by Crippen LogP contribution is -2.38. The second kappa shape index (κ2) is 4.08. The van der Waals surface area contributed by atoms with Crippen molar-refractivity contribution in [3.8, 4) is 0 Å². The van der Waals surface area contributed by atoms with Crippen molar-refractivity contribution in [2.24, 2.45) is 0 Å². The summed E-state index contributed by atoms with van der Waals surface area (Å²) >= 11 is 0. The summed E-state index contributed by atoms with van der Waals surface area (Å²) in [6.45, 7) is 0.616. The zero-order valence-electron chi connectivity index (χ0n) is 9.73. The highest BCUT2D eigenvalue weighted by Gasteiger charge is 2.43. The maximum Gasteiger partial charge on any atom is 0.254 e. The van der Waals surface area contributed by atoms with Gasteiger partial charge in [-0.15, -0.1) is 0 Å². The summed E-state index contributed by atoms with van der Waals surface area (Å²) in [5.41, 5.74) is 0.343. The van der Waals surface area contributed by atoms with Gasteiger partial charge in [-0.1, -0.05) is 6.07 Å². The summed E-state index contributed by atoms with van der Waals surface area (Å²) in [4.78, 5) is 25.3. The predicted octanol–water partition coefficient (Wildman–Crippen LogP) is 0.929. The van der Waals surface area contributed by atoms with Crippen molar-refractivity contribution >= 4 is 11.8 Å². The fourth-order valence-electron chi connectivity index (χ4n) is 2.77. The Bertz CT molecular complexity index is 517. The second-order valence-electron chi connectivity index (χ2n) is 4.74. The van der Waals surface area contributed by atoms with Crippen LogP contribution in [0.3, 0.4) is 0 Å². The number of carbonyl (C=O) groups is 2. The molecule has 0 aromatic heterocycles. The summed E-state index contributed by atoms with van der Waals surface area (Å²) < 4.78 is 13.1. The molecule has 2 atom stereocenters. The molecule has 2 aliphatic rings. The Morgan fingerprint density at radius 3 is 3.06 bits per heavy atom. The Hall–Kier alpha value is -1.91. The molecule has 0 bridgehead atoms. The molecule has 2 unspecified atom stereocenters. The lowest BCUT2D eigenvalue weighted by atomic mass is 10.1. The van der Waals surface area contributed by atoms with Gasteiger partial charge in [-0.2, -0.15) is 0 Å². The van der Waals surface area contributed by atoms with Crippen LogP contribution in [0.15, 0.2) is 24.3 Å². The van der Waals surface area contributed by atoms with Crippen molar-refractivity contribution in [1.82, 2.24) is 10.2 Å². The molecule has 5 heteroatoms. The number of likely N-dealkylation sites (tertiary alicyclic amines) is 1. The predicted molar refractivity (Wildman–Crippen MR) is 62.4 cm³/mol. The molecule has 2 heterocycles. The van der Waals surface area contributed by atoms with E-state index in [-0.39, 0.29) is 23.9 Å². The summed E-state index contributed by atoms with van der Waals surface area (Å²) in [6.07, 6.45) is 1.13. The first-order valence-electron chi connectivity index (χ1n) is 6.01. The Morgan fingerprint density at radius 2 is 2.28 bits per heavy atom. The highest BCUT2D eigenvalue weighted by molar-refractivity contribution is 5.95. The molecular weight excluding hydrogens is 235 g/mol. The number of hydrogen-bond acceptors (Lipinski definition) is 2. The maximum atomic E-state index is 13.1. The molecule has 1 N–H and O–H groups in total. The number of carbonyl (C=O) groups excluding carboxylic acids is 2. The minimum Gasteiger partial charge on any atom is -0.351 e. The second-order valence-corrected chi connectivity index (χ2v) is 4.74. The quantitative estimate of drug-likeness (QED) is 0.803. The average Bonchev–Trinajstić information content (AvgIpc) is 2.87.